The smallest absolute Gasteiger partial charge is 0.342 e. The van der Waals surface area contributed by atoms with Crippen LogP contribution >= 0.6 is 11.8 Å². The van der Waals surface area contributed by atoms with E-state index < -0.39 is 17.2 Å². The van der Waals surface area contributed by atoms with Crippen molar-refractivity contribution in [2.45, 2.75) is 18.9 Å². The predicted molar refractivity (Wildman–Crippen MR) is 101 cm³/mol. The number of nitrogens with zero attached hydrogens (tertiary/aromatic N) is 2. The highest BCUT2D eigenvalue weighted by Gasteiger charge is 2.08. The molecule has 1 aromatic heterocycles. The Morgan fingerprint density at radius 2 is 2.07 bits per heavy atom. The van der Waals surface area contributed by atoms with Crippen LogP contribution in [0.4, 0.5) is 0 Å². The summed E-state index contributed by atoms with van der Waals surface area (Å²) in [5.74, 6) is 0.727. The first-order valence-corrected chi connectivity index (χ1v) is 9.05. The summed E-state index contributed by atoms with van der Waals surface area (Å²) in [6.07, 6.45) is 1.45. The van der Waals surface area contributed by atoms with Gasteiger partial charge in [-0.2, -0.15) is 10.2 Å². The van der Waals surface area contributed by atoms with Crippen LogP contribution in [0.15, 0.2) is 37.9 Å². The largest absolute Gasteiger partial charge is 0.494 e. The lowest BCUT2D eigenvalue weighted by Crippen LogP contribution is -2.26. The number of hydrazone groups is 1. The normalized spacial score (nSPS) is 10.7. The molecule has 0 fully saturated rings. The Kier molecular flexibility index (Phi) is 7.62. The third kappa shape index (κ3) is 6.29. The molecule has 0 aliphatic heterocycles. The molecule has 1 heterocycles. The number of carbonyl (C=O) groups excluding carboxylic acids is 1. The van der Waals surface area contributed by atoms with Crippen LogP contribution in [0.5, 0.6) is 11.5 Å². The van der Waals surface area contributed by atoms with Gasteiger partial charge in [0.25, 0.3) is 5.56 Å². The van der Waals surface area contributed by atoms with Crippen LogP contribution in [0.3, 0.4) is 0 Å². The van der Waals surface area contributed by atoms with Crippen molar-refractivity contribution < 1.29 is 14.3 Å². The van der Waals surface area contributed by atoms with E-state index in [9.17, 15) is 14.4 Å². The van der Waals surface area contributed by atoms with Crippen molar-refractivity contribution in [1.82, 2.24) is 20.6 Å². The van der Waals surface area contributed by atoms with Crippen molar-refractivity contribution in [3.63, 3.8) is 0 Å². The summed E-state index contributed by atoms with van der Waals surface area (Å²) in [7, 11) is 0. The predicted octanol–water partition coefficient (Wildman–Crippen LogP) is 0.498. The summed E-state index contributed by atoms with van der Waals surface area (Å²) in [5.41, 5.74) is 1.66. The Bertz CT molecular complexity index is 924. The number of carbonyl (C=O) groups is 1. The summed E-state index contributed by atoms with van der Waals surface area (Å²) in [6.45, 7) is 4.76. The van der Waals surface area contributed by atoms with E-state index in [1.165, 1.54) is 6.21 Å². The minimum absolute atomic E-state index is 0.0149. The SMILES string of the molecule is CCOc1ccc(/C=N/NC(=O)CSc2n[nH]c(=O)[nH]c2=O)c(OCC)c1. The van der Waals surface area contributed by atoms with Crippen LogP contribution in [-0.2, 0) is 4.79 Å². The van der Waals surface area contributed by atoms with Crippen molar-refractivity contribution in [3.8, 4) is 11.5 Å². The van der Waals surface area contributed by atoms with Gasteiger partial charge in [-0.25, -0.2) is 15.3 Å². The second kappa shape index (κ2) is 10.2. The molecule has 0 atom stereocenters. The summed E-state index contributed by atoms with van der Waals surface area (Å²) in [6, 6.07) is 5.30. The van der Waals surface area contributed by atoms with Gasteiger partial charge in [-0.3, -0.25) is 14.6 Å². The molecule has 0 aliphatic rings. The molecule has 0 saturated carbocycles. The Balaban J connectivity index is 1.94. The van der Waals surface area contributed by atoms with E-state index in [0.717, 1.165) is 11.8 Å². The van der Waals surface area contributed by atoms with E-state index in [2.05, 4.69) is 20.7 Å². The Morgan fingerprint density at radius 1 is 1.30 bits per heavy atom. The lowest BCUT2D eigenvalue weighted by molar-refractivity contribution is -0.118. The van der Waals surface area contributed by atoms with Crippen LogP contribution in [0.1, 0.15) is 19.4 Å². The molecule has 2 rings (SSSR count). The summed E-state index contributed by atoms with van der Waals surface area (Å²) in [4.78, 5) is 36.2. The van der Waals surface area contributed by atoms with E-state index >= 15 is 0 Å². The maximum absolute atomic E-state index is 11.8. The van der Waals surface area contributed by atoms with Crippen molar-refractivity contribution >= 4 is 23.9 Å². The monoisotopic (exact) mass is 393 g/mol. The lowest BCUT2D eigenvalue weighted by Gasteiger charge is -2.10. The number of rotatable bonds is 9. The number of benzene rings is 1. The maximum Gasteiger partial charge on any atom is 0.342 e. The van der Waals surface area contributed by atoms with Crippen molar-refractivity contribution in [1.29, 1.82) is 0 Å². The van der Waals surface area contributed by atoms with Crippen molar-refractivity contribution in [2.75, 3.05) is 19.0 Å². The second-order valence-electron chi connectivity index (χ2n) is 4.96. The average Bonchev–Trinajstić information content (AvgIpc) is 2.63. The molecule has 144 valence electrons. The fraction of sp³-hybridized carbons (Fsp3) is 0.312. The highest BCUT2D eigenvalue weighted by atomic mass is 32.2. The van der Waals surface area contributed by atoms with E-state index in [1.807, 2.05) is 18.8 Å². The standard InChI is InChI=1S/C16H19N5O5S/c1-3-25-11-6-5-10(12(7-11)26-4-2)8-17-19-13(22)9-27-15-14(23)18-16(24)21-20-15/h5-8H,3-4,9H2,1-2H3,(H,19,22)(H2,18,21,23,24)/b17-8+. The zero-order valence-electron chi connectivity index (χ0n) is 14.8. The molecule has 10 nitrogen and oxygen atoms in total. The summed E-state index contributed by atoms with van der Waals surface area (Å²) < 4.78 is 11.0. The highest BCUT2D eigenvalue weighted by molar-refractivity contribution is 7.99. The van der Waals surface area contributed by atoms with Gasteiger partial charge in [0, 0.05) is 11.6 Å². The number of hydrogen-bond donors (Lipinski definition) is 3. The van der Waals surface area contributed by atoms with E-state index in [-0.39, 0.29) is 10.8 Å². The molecule has 3 N–H and O–H groups in total. The first-order valence-electron chi connectivity index (χ1n) is 8.06. The van der Waals surface area contributed by atoms with Crippen LogP contribution in [0.25, 0.3) is 0 Å². The fourth-order valence-electron chi connectivity index (χ4n) is 1.93. The average molecular weight is 393 g/mol. The van der Waals surface area contributed by atoms with Gasteiger partial charge < -0.3 is 9.47 Å². The molecule has 0 aliphatic carbocycles. The number of thioether (sulfide) groups is 1. The zero-order valence-corrected chi connectivity index (χ0v) is 15.6. The summed E-state index contributed by atoms with van der Waals surface area (Å²) in [5, 5.41) is 9.53. The number of ether oxygens (including phenoxy) is 2. The van der Waals surface area contributed by atoms with Gasteiger partial charge >= 0.3 is 5.69 Å². The van der Waals surface area contributed by atoms with Crippen LogP contribution in [0, 0.1) is 0 Å². The molecule has 0 saturated heterocycles. The topological polar surface area (TPSA) is 139 Å². The lowest BCUT2D eigenvalue weighted by atomic mass is 10.2. The van der Waals surface area contributed by atoms with Gasteiger partial charge in [-0.1, -0.05) is 11.8 Å². The van der Waals surface area contributed by atoms with Crippen LogP contribution in [0.2, 0.25) is 0 Å². The molecule has 27 heavy (non-hydrogen) atoms. The molecule has 0 spiro atoms. The number of hydrogen-bond acceptors (Lipinski definition) is 8. The zero-order chi connectivity index (χ0) is 19.6. The number of H-pyrrole nitrogens is 2. The summed E-state index contributed by atoms with van der Waals surface area (Å²) >= 11 is 0.877. The third-order valence-corrected chi connectivity index (χ3v) is 3.97. The van der Waals surface area contributed by atoms with E-state index in [0.29, 0.717) is 30.3 Å². The van der Waals surface area contributed by atoms with Gasteiger partial charge in [0.05, 0.1) is 25.2 Å². The molecular weight excluding hydrogens is 374 g/mol. The van der Waals surface area contributed by atoms with Gasteiger partial charge in [0.15, 0.2) is 5.03 Å². The molecule has 1 aromatic carbocycles. The first kappa shape index (κ1) is 20.2. The van der Waals surface area contributed by atoms with Gasteiger partial charge in [0.2, 0.25) is 5.91 Å². The number of amides is 1. The molecule has 2 aromatic rings. The number of nitrogens with one attached hydrogen (secondary N) is 3. The highest BCUT2D eigenvalue weighted by Crippen LogP contribution is 2.23. The van der Waals surface area contributed by atoms with Crippen molar-refractivity contribution in [2.24, 2.45) is 5.10 Å². The van der Waals surface area contributed by atoms with Gasteiger partial charge in [0.1, 0.15) is 11.5 Å². The number of aromatic nitrogens is 3. The number of aromatic amines is 2. The Hall–Kier alpha value is -3.08. The molecule has 0 unspecified atom stereocenters. The maximum atomic E-state index is 11.8. The third-order valence-electron chi connectivity index (χ3n) is 3.01. The second-order valence-corrected chi connectivity index (χ2v) is 5.92. The van der Waals surface area contributed by atoms with E-state index in [4.69, 9.17) is 9.47 Å². The van der Waals surface area contributed by atoms with Gasteiger partial charge in [-0.05, 0) is 26.0 Å². The van der Waals surface area contributed by atoms with E-state index in [1.54, 1.807) is 18.2 Å². The molecule has 1 amide bonds. The molecule has 0 bridgehead atoms. The Morgan fingerprint density at radius 3 is 2.78 bits per heavy atom. The van der Waals surface area contributed by atoms with Crippen LogP contribution in [-0.4, -0.2) is 46.3 Å². The first-order chi connectivity index (χ1) is 13.0. The van der Waals surface area contributed by atoms with Crippen molar-refractivity contribution in [3.05, 3.63) is 44.6 Å². The quantitative estimate of drug-likeness (QED) is 0.320. The van der Waals surface area contributed by atoms with Gasteiger partial charge in [-0.15, -0.1) is 0 Å². The molecule has 0 radical (unpaired) electrons. The Labute approximate surface area is 158 Å². The minimum atomic E-state index is -0.709. The fourth-order valence-corrected chi connectivity index (χ4v) is 2.56. The molecule has 11 heteroatoms. The molecular formula is C16H19N5O5S. The minimum Gasteiger partial charge on any atom is -0.494 e. The van der Waals surface area contributed by atoms with Crippen LogP contribution < -0.4 is 26.1 Å².